The minimum atomic E-state index is 0.669. The molecule has 2 aromatic rings. The first-order chi connectivity index (χ1) is 8.67. The second kappa shape index (κ2) is 5.60. The molecule has 0 bridgehead atoms. The molecule has 0 saturated carbocycles. The van der Waals surface area contributed by atoms with E-state index in [1.54, 1.807) is 6.20 Å². The van der Waals surface area contributed by atoms with Crippen molar-refractivity contribution in [3.05, 3.63) is 47.4 Å². The first-order valence-corrected chi connectivity index (χ1v) is 5.99. The molecule has 2 rings (SSSR count). The van der Waals surface area contributed by atoms with Crippen LogP contribution in [0.25, 0.3) is 0 Å². The Morgan fingerprint density at radius 3 is 2.50 bits per heavy atom. The Labute approximate surface area is 107 Å². The maximum absolute atomic E-state index is 4.43. The molecule has 1 heterocycles. The summed E-state index contributed by atoms with van der Waals surface area (Å²) < 4.78 is 0. The van der Waals surface area contributed by atoms with Gasteiger partial charge in [-0.2, -0.15) is 0 Å². The van der Waals surface area contributed by atoms with Gasteiger partial charge in [-0.1, -0.05) is 6.07 Å². The van der Waals surface area contributed by atoms with Gasteiger partial charge in [0.15, 0.2) is 0 Å². The summed E-state index contributed by atoms with van der Waals surface area (Å²) in [5, 5.41) is 6.35. The summed E-state index contributed by atoms with van der Waals surface area (Å²) in [6, 6.07) is 8.23. The topological polar surface area (TPSA) is 49.8 Å². The number of rotatable bonds is 4. The van der Waals surface area contributed by atoms with Gasteiger partial charge in [0, 0.05) is 11.9 Å². The van der Waals surface area contributed by atoms with Crippen molar-refractivity contribution >= 4 is 11.5 Å². The average molecular weight is 242 g/mol. The van der Waals surface area contributed by atoms with Crippen LogP contribution in [0.2, 0.25) is 0 Å². The van der Waals surface area contributed by atoms with E-state index in [4.69, 9.17) is 0 Å². The van der Waals surface area contributed by atoms with E-state index in [2.05, 4.69) is 52.6 Å². The molecule has 0 aliphatic carbocycles. The predicted octanol–water partition coefficient (Wildman–Crippen LogP) is 2.56. The third-order valence-corrected chi connectivity index (χ3v) is 2.53. The van der Waals surface area contributed by atoms with Gasteiger partial charge < -0.3 is 10.6 Å². The number of nitrogens with one attached hydrogen (secondary N) is 2. The third-order valence-electron chi connectivity index (χ3n) is 2.53. The van der Waals surface area contributed by atoms with E-state index < -0.39 is 0 Å². The van der Waals surface area contributed by atoms with Gasteiger partial charge in [0.1, 0.15) is 11.6 Å². The highest BCUT2D eigenvalue weighted by Crippen LogP contribution is 2.17. The molecule has 0 atom stereocenters. The molecular formula is C14H18N4. The lowest BCUT2D eigenvalue weighted by molar-refractivity contribution is 0.759. The van der Waals surface area contributed by atoms with Gasteiger partial charge in [0.05, 0.1) is 6.54 Å². The Balaban J connectivity index is 2.20. The van der Waals surface area contributed by atoms with Gasteiger partial charge in [-0.15, -0.1) is 0 Å². The molecule has 0 amide bonds. The summed E-state index contributed by atoms with van der Waals surface area (Å²) in [6.45, 7) is 4.84. The van der Waals surface area contributed by atoms with E-state index in [1.165, 1.54) is 11.1 Å². The van der Waals surface area contributed by atoms with Crippen LogP contribution < -0.4 is 10.6 Å². The lowest BCUT2D eigenvalue weighted by Crippen LogP contribution is -2.09. The lowest BCUT2D eigenvalue weighted by atomic mass is 10.1. The summed E-state index contributed by atoms with van der Waals surface area (Å²) in [7, 11) is 1.88. The van der Waals surface area contributed by atoms with Gasteiger partial charge in [-0.3, -0.25) is 0 Å². The van der Waals surface area contributed by atoms with Gasteiger partial charge in [-0.25, -0.2) is 9.97 Å². The van der Waals surface area contributed by atoms with E-state index in [9.17, 15) is 0 Å². The van der Waals surface area contributed by atoms with Crippen LogP contribution in [0.15, 0.2) is 30.5 Å². The number of nitrogens with zero attached hydrogens (tertiary/aromatic N) is 2. The normalized spacial score (nSPS) is 10.4. The van der Waals surface area contributed by atoms with E-state index in [-0.39, 0.29) is 0 Å². The Morgan fingerprint density at radius 2 is 1.83 bits per heavy atom. The van der Waals surface area contributed by atoms with Crippen molar-refractivity contribution in [3.63, 3.8) is 0 Å². The molecule has 18 heavy (non-hydrogen) atoms. The first-order valence-electron chi connectivity index (χ1n) is 5.99. The Hall–Kier alpha value is -1.94. The van der Waals surface area contributed by atoms with Crippen molar-refractivity contribution in [2.75, 3.05) is 12.4 Å². The third kappa shape index (κ3) is 3.28. The van der Waals surface area contributed by atoms with E-state index in [1.807, 2.05) is 13.1 Å². The molecular weight excluding hydrogens is 224 g/mol. The monoisotopic (exact) mass is 242 g/mol. The molecule has 0 aliphatic rings. The number of anilines is 2. The number of hydrogen-bond acceptors (Lipinski definition) is 4. The molecule has 2 N–H and O–H groups in total. The fourth-order valence-electron chi connectivity index (χ4n) is 1.91. The zero-order valence-corrected chi connectivity index (χ0v) is 11.0. The summed E-state index contributed by atoms with van der Waals surface area (Å²) in [5.41, 5.74) is 3.53. The first kappa shape index (κ1) is 12.5. The Kier molecular flexibility index (Phi) is 3.89. The summed E-state index contributed by atoms with van der Waals surface area (Å²) in [5.74, 6) is 1.60. The van der Waals surface area contributed by atoms with Gasteiger partial charge in [-0.05, 0) is 50.2 Å². The fourth-order valence-corrected chi connectivity index (χ4v) is 1.91. The predicted molar refractivity (Wildman–Crippen MR) is 74.0 cm³/mol. The zero-order valence-electron chi connectivity index (χ0n) is 11.0. The SMILES string of the molecule is CNCc1nccc(Nc2cc(C)cc(C)c2)n1. The van der Waals surface area contributed by atoms with Gasteiger partial charge in [0.25, 0.3) is 0 Å². The molecule has 1 aromatic heterocycles. The summed E-state index contributed by atoms with van der Waals surface area (Å²) >= 11 is 0. The van der Waals surface area contributed by atoms with Crippen molar-refractivity contribution in [2.45, 2.75) is 20.4 Å². The largest absolute Gasteiger partial charge is 0.340 e. The van der Waals surface area contributed by atoms with Crippen molar-refractivity contribution in [1.29, 1.82) is 0 Å². The molecule has 1 aromatic carbocycles. The van der Waals surface area contributed by atoms with E-state index in [0.29, 0.717) is 6.54 Å². The fraction of sp³-hybridized carbons (Fsp3) is 0.286. The second-order valence-corrected chi connectivity index (χ2v) is 4.39. The van der Waals surface area contributed by atoms with Crippen LogP contribution in [-0.2, 0) is 6.54 Å². The van der Waals surface area contributed by atoms with Gasteiger partial charge >= 0.3 is 0 Å². The van der Waals surface area contributed by atoms with E-state index in [0.717, 1.165) is 17.3 Å². The number of hydrogen-bond donors (Lipinski definition) is 2. The van der Waals surface area contributed by atoms with Crippen LogP contribution in [0.1, 0.15) is 17.0 Å². The van der Waals surface area contributed by atoms with Crippen LogP contribution >= 0.6 is 0 Å². The minimum Gasteiger partial charge on any atom is -0.340 e. The summed E-state index contributed by atoms with van der Waals surface area (Å²) in [6.07, 6.45) is 1.77. The highest BCUT2D eigenvalue weighted by atomic mass is 15.0. The van der Waals surface area contributed by atoms with Crippen LogP contribution in [0.3, 0.4) is 0 Å². The maximum Gasteiger partial charge on any atom is 0.144 e. The van der Waals surface area contributed by atoms with Crippen molar-refractivity contribution in [1.82, 2.24) is 15.3 Å². The van der Waals surface area contributed by atoms with Crippen LogP contribution in [0, 0.1) is 13.8 Å². The highest BCUT2D eigenvalue weighted by Gasteiger charge is 2.00. The van der Waals surface area contributed by atoms with Crippen molar-refractivity contribution < 1.29 is 0 Å². The molecule has 0 saturated heterocycles. The van der Waals surface area contributed by atoms with Crippen molar-refractivity contribution in [3.8, 4) is 0 Å². The number of aryl methyl sites for hydroxylation is 2. The Morgan fingerprint density at radius 1 is 1.11 bits per heavy atom. The Bertz CT molecular complexity index is 517. The average Bonchev–Trinajstić information content (AvgIpc) is 2.28. The summed E-state index contributed by atoms with van der Waals surface area (Å²) in [4.78, 5) is 8.62. The van der Waals surface area contributed by atoms with Crippen LogP contribution in [-0.4, -0.2) is 17.0 Å². The minimum absolute atomic E-state index is 0.669. The number of benzene rings is 1. The molecule has 0 radical (unpaired) electrons. The lowest BCUT2D eigenvalue weighted by Gasteiger charge is -2.08. The maximum atomic E-state index is 4.43. The molecule has 94 valence electrons. The molecule has 4 nitrogen and oxygen atoms in total. The molecule has 0 spiro atoms. The van der Waals surface area contributed by atoms with Crippen molar-refractivity contribution in [2.24, 2.45) is 0 Å². The smallest absolute Gasteiger partial charge is 0.144 e. The zero-order chi connectivity index (χ0) is 13.0. The standard InChI is InChI=1S/C14H18N4/c1-10-6-11(2)8-12(7-10)17-13-4-5-16-14(18-13)9-15-3/h4-8,15H,9H2,1-3H3,(H,16,17,18). The van der Waals surface area contributed by atoms with E-state index >= 15 is 0 Å². The van der Waals surface area contributed by atoms with Gasteiger partial charge in [0.2, 0.25) is 0 Å². The highest BCUT2D eigenvalue weighted by molar-refractivity contribution is 5.57. The second-order valence-electron chi connectivity index (χ2n) is 4.39. The van der Waals surface area contributed by atoms with Crippen LogP contribution in [0.5, 0.6) is 0 Å². The number of aromatic nitrogens is 2. The molecule has 4 heteroatoms. The quantitative estimate of drug-likeness (QED) is 0.865. The molecule has 0 aliphatic heterocycles. The molecule has 0 fully saturated rings. The molecule has 0 unspecified atom stereocenters. The van der Waals surface area contributed by atoms with Crippen LogP contribution in [0.4, 0.5) is 11.5 Å².